The van der Waals surface area contributed by atoms with Crippen LogP contribution in [0.25, 0.3) is 0 Å². The van der Waals surface area contributed by atoms with Gasteiger partial charge in [0.25, 0.3) is 0 Å². The molecule has 0 atom stereocenters. The van der Waals surface area contributed by atoms with Crippen molar-refractivity contribution in [3.05, 3.63) is 41.7 Å². The van der Waals surface area contributed by atoms with Crippen LogP contribution in [-0.2, 0) is 11.3 Å². The first-order valence-electron chi connectivity index (χ1n) is 4.91. The average Bonchev–Trinajstić information content (AvgIpc) is 2.75. The van der Waals surface area contributed by atoms with Crippen LogP contribution in [0.2, 0.25) is 5.02 Å². The molecule has 5 nitrogen and oxygen atoms in total. The van der Waals surface area contributed by atoms with Gasteiger partial charge in [0.2, 0.25) is 5.91 Å². The number of hydrogen-bond acceptors (Lipinski definition) is 3. The van der Waals surface area contributed by atoms with Gasteiger partial charge in [-0.05, 0) is 18.2 Å². The molecule has 2 rings (SSSR count). The van der Waals surface area contributed by atoms with Crippen molar-refractivity contribution in [3.63, 3.8) is 0 Å². The largest absolute Gasteiger partial charge is 0.508 e. The van der Waals surface area contributed by atoms with Gasteiger partial charge in [0.15, 0.2) is 0 Å². The zero-order chi connectivity index (χ0) is 12.3. The normalized spacial score (nSPS) is 10.2. The number of halogens is 1. The Kier molecular flexibility index (Phi) is 3.30. The number of phenols is 1. The van der Waals surface area contributed by atoms with E-state index in [1.54, 1.807) is 24.5 Å². The van der Waals surface area contributed by atoms with Crippen LogP contribution >= 0.6 is 11.6 Å². The first-order valence-corrected chi connectivity index (χ1v) is 5.29. The van der Waals surface area contributed by atoms with Crippen LogP contribution < -0.4 is 5.32 Å². The molecule has 1 aromatic carbocycles. The predicted molar refractivity (Wildman–Crippen MR) is 64.0 cm³/mol. The second kappa shape index (κ2) is 4.88. The van der Waals surface area contributed by atoms with Crippen LogP contribution in [0, 0.1) is 0 Å². The number of rotatable bonds is 3. The van der Waals surface area contributed by atoms with Crippen molar-refractivity contribution in [3.8, 4) is 5.75 Å². The summed E-state index contributed by atoms with van der Waals surface area (Å²) in [5.41, 5.74) is 0.460. The van der Waals surface area contributed by atoms with Crippen molar-refractivity contribution in [1.82, 2.24) is 9.78 Å². The van der Waals surface area contributed by atoms with E-state index in [4.69, 9.17) is 16.7 Å². The molecule has 1 aromatic heterocycles. The smallest absolute Gasteiger partial charge is 0.246 e. The number of carbonyl (C=O) groups excluding carboxylic acids is 1. The van der Waals surface area contributed by atoms with E-state index < -0.39 is 0 Å². The standard InChI is InChI=1S/C11H10ClN3O2/c12-9-6-8(16)2-3-10(9)14-11(17)7-15-5-1-4-13-15/h1-6,16H,7H2,(H,14,17). The molecule has 1 amide bonds. The third kappa shape index (κ3) is 2.98. The van der Waals surface area contributed by atoms with Gasteiger partial charge in [-0.2, -0.15) is 5.10 Å². The maximum atomic E-state index is 11.6. The fourth-order valence-electron chi connectivity index (χ4n) is 1.34. The zero-order valence-corrected chi connectivity index (χ0v) is 9.55. The van der Waals surface area contributed by atoms with Gasteiger partial charge >= 0.3 is 0 Å². The van der Waals surface area contributed by atoms with Gasteiger partial charge < -0.3 is 10.4 Å². The molecule has 0 spiro atoms. The second-order valence-corrected chi connectivity index (χ2v) is 3.82. The van der Waals surface area contributed by atoms with E-state index in [9.17, 15) is 4.79 Å². The Bertz CT molecular complexity index is 526. The molecule has 2 N–H and O–H groups in total. The predicted octanol–water partition coefficient (Wildman–Crippen LogP) is 1.88. The Labute approximate surface area is 103 Å². The van der Waals surface area contributed by atoms with Gasteiger partial charge in [-0.1, -0.05) is 11.6 Å². The molecular weight excluding hydrogens is 242 g/mol. The topological polar surface area (TPSA) is 67.2 Å². The highest BCUT2D eigenvalue weighted by molar-refractivity contribution is 6.33. The summed E-state index contributed by atoms with van der Waals surface area (Å²) >= 11 is 5.86. The molecule has 0 radical (unpaired) electrons. The number of phenolic OH excluding ortho intramolecular Hbond substituents is 1. The molecular formula is C11H10ClN3O2. The lowest BCUT2D eigenvalue weighted by atomic mass is 10.3. The van der Waals surface area contributed by atoms with E-state index >= 15 is 0 Å². The zero-order valence-electron chi connectivity index (χ0n) is 8.80. The molecule has 0 fully saturated rings. The Morgan fingerprint density at radius 2 is 2.35 bits per heavy atom. The SMILES string of the molecule is O=C(Cn1cccn1)Nc1ccc(O)cc1Cl. The first kappa shape index (κ1) is 11.5. The lowest BCUT2D eigenvalue weighted by Crippen LogP contribution is -2.19. The van der Waals surface area contributed by atoms with Crippen molar-refractivity contribution in [2.75, 3.05) is 5.32 Å². The summed E-state index contributed by atoms with van der Waals surface area (Å²) in [5.74, 6) is -0.179. The number of aromatic hydroxyl groups is 1. The molecule has 0 saturated carbocycles. The quantitative estimate of drug-likeness (QED) is 0.819. The minimum atomic E-state index is -0.235. The van der Waals surface area contributed by atoms with Crippen LogP contribution in [0.4, 0.5) is 5.69 Å². The molecule has 2 aromatic rings. The van der Waals surface area contributed by atoms with Gasteiger partial charge in [0, 0.05) is 18.5 Å². The van der Waals surface area contributed by atoms with Crippen LogP contribution in [-0.4, -0.2) is 20.8 Å². The Morgan fingerprint density at radius 3 is 3.00 bits per heavy atom. The lowest BCUT2D eigenvalue weighted by molar-refractivity contribution is -0.116. The number of nitrogens with zero attached hydrogens (tertiary/aromatic N) is 2. The molecule has 0 aliphatic rings. The van der Waals surface area contributed by atoms with E-state index in [2.05, 4.69) is 10.4 Å². The molecule has 0 saturated heterocycles. The van der Waals surface area contributed by atoms with E-state index in [1.807, 2.05) is 0 Å². The lowest BCUT2D eigenvalue weighted by Gasteiger charge is -2.07. The van der Waals surface area contributed by atoms with Crippen molar-refractivity contribution < 1.29 is 9.90 Å². The summed E-state index contributed by atoms with van der Waals surface area (Å²) in [6, 6.07) is 6.10. The van der Waals surface area contributed by atoms with Gasteiger partial charge in [-0.25, -0.2) is 0 Å². The summed E-state index contributed by atoms with van der Waals surface area (Å²) < 4.78 is 1.50. The van der Waals surface area contributed by atoms with Gasteiger partial charge in [-0.3, -0.25) is 9.48 Å². The van der Waals surface area contributed by atoms with Crippen LogP contribution in [0.3, 0.4) is 0 Å². The minimum absolute atomic E-state index is 0.0556. The van der Waals surface area contributed by atoms with E-state index in [1.165, 1.54) is 16.8 Å². The highest BCUT2D eigenvalue weighted by Crippen LogP contribution is 2.25. The minimum Gasteiger partial charge on any atom is -0.508 e. The van der Waals surface area contributed by atoms with Crippen molar-refractivity contribution in [1.29, 1.82) is 0 Å². The van der Waals surface area contributed by atoms with Crippen LogP contribution in [0.15, 0.2) is 36.7 Å². The van der Waals surface area contributed by atoms with Crippen molar-refractivity contribution in [2.45, 2.75) is 6.54 Å². The number of hydrogen-bond donors (Lipinski definition) is 2. The van der Waals surface area contributed by atoms with E-state index in [-0.39, 0.29) is 18.2 Å². The summed E-state index contributed by atoms with van der Waals surface area (Å²) in [7, 11) is 0. The summed E-state index contributed by atoms with van der Waals surface area (Å²) in [4.78, 5) is 11.6. The highest BCUT2D eigenvalue weighted by Gasteiger charge is 2.07. The molecule has 0 unspecified atom stereocenters. The van der Waals surface area contributed by atoms with Crippen LogP contribution in [0.5, 0.6) is 5.75 Å². The fraction of sp³-hybridized carbons (Fsp3) is 0.0909. The summed E-state index contributed by atoms with van der Waals surface area (Å²) in [6.45, 7) is 0.115. The molecule has 1 heterocycles. The third-order valence-corrected chi connectivity index (χ3v) is 2.40. The number of nitrogens with one attached hydrogen (secondary N) is 1. The number of carbonyl (C=O) groups is 1. The average molecular weight is 252 g/mol. The molecule has 6 heteroatoms. The van der Waals surface area contributed by atoms with E-state index in [0.29, 0.717) is 10.7 Å². The number of benzene rings is 1. The maximum Gasteiger partial charge on any atom is 0.246 e. The monoisotopic (exact) mass is 251 g/mol. The maximum absolute atomic E-state index is 11.6. The highest BCUT2D eigenvalue weighted by atomic mass is 35.5. The number of amides is 1. The van der Waals surface area contributed by atoms with Gasteiger partial charge in [0.1, 0.15) is 12.3 Å². The Balaban J connectivity index is 2.03. The Morgan fingerprint density at radius 1 is 1.53 bits per heavy atom. The summed E-state index contributed by atoms with van der Waals surface area (Å²) in [6.07, 6.45) is 3.29. The van der Waals surface area contributed by atoms with Gasteiger partial charge in [-0.15, -0.1) is 0 Å². The van der Waals surface area contributed by atoms with Crippen molar-refractivity contribution >= 4 is 23.2 Å². The molecule has 17 heavy (non-hydrogen) atoms. The van der Waals surface area contributed by atoms with E-state index in [0.717, 1.165) is 0 Å². The van der Waals surface area contributed by atoms with Crippen molar-refractivity contribution in [2.24, 2.45) is 0 Å². The van der Waals surface area contributed by atoms with Gasteiger partial charge in [0.05, 0.1) is 10.7 Å². The molecule has 0 aliphatic heterocycles. The first-order chi connectivity index (χ1) is 8.15. The third-order valence-electron chi connectivity index (χ3n) is 2.09. The molecule has 0 aliphatic carbocycles. The Hall–Kier alpha value is -2.01. The fourth-order valence-corrected chi connectivity index (χ4v) is 1.56. The molecule has 88 valence electrons. The number of aromatic nitrogens is 2. The second-order valence-electron chi connectivity index (χ2n) is 3.42. The summed E-state index contributed by atoms with van der Waals surface area (Å²) in [5, 5.41) is 16.0. The molecule has 0 bridgehead atoms. The van der Waals surface area contributed by atoms with Crippen LogP contribution in [0.1, 0.15) is 0 Å². The number of anilines is 1.